The van der Waals surface area contributed by atoms with Gasteiger partial charge >= 0.3 is 0 Å². The average molecular weight is 396 g/mol. The van der Waals surface area contributed by atoms with Crippen LogP contribution in [0.4, 0.5) is 0 Å². The quantitative estimate of drug-likeness (QED) is 0.681. The molecule has 6 heteroatoms. The Morgan fingerprint density at radius 1 is 0.966 bits per heavy atom. The van der Waals surface area contributed by atoms with Gasteiger partial charge in [-0.2, -0.15) is 0 Å². The summed E-state index contributed by atoms with van der Waals surface area (Å²) in [4.78, 5) is 25.0. The SMILES string of the molecule is CCOc1ccc(C(=O)NCC(=O)NC2(c3ccccc3)CCC2)cc1OCC. The summed E-state index contributed by atoms with van der Waals surface area (Å²) < 4.78 is 11.1. The fourth-order valence-corrected chi connectivity index (χ4v) is 3.54. The second-order valence-electron chi connectivity index (χ2n) is 7.06. The van der Waals surface area contributed by atoms with Gasteiger partial charge in [0.05, 0.1) is 25.3 Å². The topological polar surface area (TPSA) is 76.7 Å². The van der Waals surface area contributed by atoms with E-state index < -0.39 is 0 Å². The molecule has 6 nitrogen and oxygen atoms in total. The van der Waals surface area contributed by atoms with Crippen LogP contribution in [0.15, 0.2) is 48.5 Å². The molecule has 2 aromatic carbocycles. The van der Waals surface area contributed by atoms with E-state index in [0.29, 0.717) is 30.3 Å². The fourth-order valence-electron chi connectivity index (χ4n) is 3.54. The van der Waals surface area contributed by atoms with Crippen molar-refractivity contribution in [3.05, 3.63) is 59.7 Å². The molecule has 0 bridgehead atoms. The van der Waals surface area contributed by atoms with Crippen LogP contribution in [0.3, 0.4) is 0 Å². The molecular formula is C23H28N2O4. The Hall–Kier alpha value is -3.02. The van der Waals surface area contributed by atoms with Crippen molar-refractivity contribution < 1.29 is 19.1 Å². The highest BCUT2D eigenvalue weighted by Gasteiger charge is 2.39. The number of carbonyl (C=O) groups excluding carboxylic acids is 2. The van der Waals surface area contributed by atoms with Crippen LogP contribution in [0, 0.1) is 0 Å². The van der Waals surface area contributed by atoms with E-state index >= 15 is 0 Å². The van der Waals surface area contributed by atoms with Gasteiger partial charge in [-0.05, 0) is 56.9 Å². The average Bonchev–Trinajstić information content (AvgIpc) is 2.71. The molecule has 1 aliphatic carbocycles. The number of amides is 2. The second-order valence-corrected chi connectivity index (χ2v) is 7.06. The Balaban J connectivity index is 1.60. The van der Waals surface area contributed by atoms with Crippen molar-refractivity contribution in [2.24, 2.45) is 0 Å². The third-order valence-corrected chi connectivity index (χ3v) is 5.13. The van der Waals surface area contributed by atoms with Gasteiger partial charge in [0.15, 0.2) is 11.5 Å². The molecule has 0 atom stereocenters. The van der Waals surface area contributed by atoms with Gasteiger partial charge in [0, 0.05) is 5.56 Å². The van der Waals surface area contributed by atoms with Crippen molar-refractivity contribution in [2.75, 3.05) is 19.8 Å². The lowest BCUT2D eigenvalue weighted by atomic mass is 9.72. The standard InChI is InChI=1S/C23H28N2O4/c1-3-28-19-12-11-17(15-20(19)29-4-2)22(27)24-16-21(26)25-23(13-8-14-23)18-9-6-5-7-10-18/h5-7,9-12,15H,3-4,8,13-14,16H2,1-2H3,(H,24,27)(H,25,26). The molecule has 2 amide bonds. The summed E-state index contributed by atoms with van der Waals surface area (Å²) >= 11 is 0. The Morgan fingerprint density at radius 3 is 2.28 bits per heavy atom. The van der Waals surface area contributed by atoms with E-state index in [1.807, 2.05) is 44.2 Å². The number of carbonyl (C=O) groups is 2. The molecule has 0 radical (unpaired) electrons. The third kappa shape index (κ3) is 4.88. The maximum atomic E-state index is 12.5. The third-order valence-electron chi connectivity index (χ3n) is 5.13. The van der Waals surface area contributed by atoms with E-state index in [1.54, 1.807) is 18.2 Å². The van der Waals surface area contributed by atoms with Gasteiger partial charge in [-0.15, -0.1) is 0 Å². The highest BCUT2D eigenvalue weighted by atomic mass is 16.5. The van der Waals surface area contributed by atoms with E-state index in [-0.39, 0.29) is 23.9 Å². The van der Waals surface area contributed by atoms with Crippen LogP contribution in [0.25, 0.3) is 0 Å². The largest absolute Gasteiger partial charge is 0.490 e. The molecule has 0 spiro atoms. The molecule has 0 unspecified atom stereocenters. The maximum Gasteiger partial charge on any atom is 0.251 e. The van der Waals surface area contributed by atoms with Gasteiger partial charge in [-0.3, -0.25) is 9.59 Å². The molecular weight excluding hydrogens is 368 g/mol. The predicted octanol–water partition coefficient (Wildman–Crippen LogP) is 3.41. The minimum atomic E-state index is -0.327. The summed E-state index contributed by atoms with van der Waals surface area (Å²) in [5.74, 6) is 0.590. The predicted molar refractivity (Wildman–Crippen MR) is 111 cm³/mol. The monoisotopic (exact) mass is 396 g/mol. The van der Waals surface area contributed by atoms with Gasteiger partial charge in [0.25, 0.3) is 5.91 Å². The number of nitrogens with one attached hydrogen (secondary N) is 2. The van der Waals surface area contributed by atoms with E-state index in [9.17, 15) is 9.59 Å². The zero-order valence-corrected chi connectivity index (χ0v) is 17.0. The Morgan fingerprint density at radius 2 is 1.66 bits per heavy atom. The lowest BCUT2D eigenvalue weighted by Gasteiger charge is -2.43. The molecule has 154 valence electrons. The highest BCUT2D eigenvalue weighted by molar-refractivity contribution is 5.97. The van der Waals surface area contributed by atoms with Crippen molar-refractivity contribution in [3.63, 3.8) is 0 Å². The first-order valence-corrected chi connectivity index (χ1v) is 10.1. The summed E-state index contributed by atoms with van der Waals surface area (Å²) in [6.07, 6.45) is 2.90. The number of rotatable bonds is 9. The smallest absolute Gasteiger partial charge is 0.251 e. The summed E-state index contributed by atoms with van der Waals surface area (Å²) in [5, 5.41) is 5.81. The number of benzene rings is 2. The summed E-state index contributed by atoms with van der Waals surface area (Å²) in [5.41, 5.74) is 1.22. The van der Waals surface area contributed by atoms with Gasteiger partial charge in [0.2, 0.25) is 5.91 Å². The maximum absolute atomic E-state index is 12.5. The summed E-state index contributed by atoms with van der Waals surface area (Å²) in [6, 6.07) is 15.0. The molecule has 0 aromatic heterocycles. The first-order chi connectivity index (χ1) is 14.1. The van der Waals surface area contributed by atoms with Gasteiger partial charge in [0.1, 0.15) is 0 Å². The molecule has 2 aromatic rings. The Labute approximate surface area is 171 Å². The molecule has 0 aliphatic heterocycles. The molecule has 2 N–H and O–H groups in total. The number of ether oxygens (including phenoxy) is 2. The highest BCUT2D eigenvalue weighted by Crippen LogP contribution is 2.41. The lowest BCUT2D eigenvalue weighted by Crippen LogP contribution is -2.53. The van der Waals surface area contributed by atoms with Crippen LogP contribution < -0.4 is 20.1 Å². The molecule has 0 heterocycles. The van der Waals surface area contributed by atoms with Gasteiger partial charge < -0.3 is 20.1 Å². The lowest BCUT2D eigenvalue weighted by molar-refractivity contribution is -0.123. The van der Waals surface area contributed by atoms with Crippen LogP contribution >= 0.6 is 0 Å². The van der Waals surface area contributed by atoms with Crippen molar-refractivity contribution in [3.8, 4) is 11.5 Å². The zero-order chi connectivity index (χ0) is 20.7. The van der Waals surface area contributed by atoms with E-state index in [2.05, 4.69) is 10.6 Å². The van der Waals surface area contributed by atoms with Crippen LogP contribution in [-0.2, 0) is 10.3 Å². The normalized spacial score (nSPS) is 14.4. The minimum Gasteiger partial charge on any atom is -0.490 e. The molecule has 1 fully saturated rings. The van der Waals surface area contributed by atoms with Crippen LogP contribution in [0.5, 0.6) is 11.5 Å². The van der Waals surface area contributed by atoms with Crippen LogP contribution in [-0.4, -0.2) is 31.6 Å². The second kappa shape index (κ2) is 9.45. The first-order valence-electron chi connectivity index (χ1n) is 10.1. The first kappa shape index (κ1) is 20.7. The minimum absolute atomic E-state index is 0.0788. The van der Waals surface area contributed by atoms with Crippen molar-refractivity contribution >= 4 is 11.8 Å². The molecule has 1 saturated carbocycles. The van der Waals surface area contributed by atoms with E-state index in [4.69, 9.17) is 9.47 Å². The zero-order valence-electron chi connectivity index (χ0n) is 17.0. The summed E-state index contributed by atoms with van der Waals surface area (Å²) in [6.45, 7) is 4.66. The van der Waals surface area contributed by atoms with Gasteiger partial charge in [-0.1, -0.05) is 30.3 Å². The number of hydrogen-bond acceptors (Lipinski definition) is 4. The van der Waals surface area contributed by atoms with Crippen molar-refractivity contribution in [1.82, 2.24) is 10.6 Å². The molecule has 29 heavy (non-hydrogen) atoms. The summed E-state index contributed by atoms with van der Waals surface area (Å²) in [7, 11) is 0. The van der Waals surface area contributed by atoms with E-state index in [1.165, 1.54) is 0 Å². The fraction of sp³-hybridized carbons (Fsp3) is 0.391. The Bertz CT molecular complexity index is 847. The Kier molecular flexibility index (Phi) is 6.75. The molecule has 1 aliphatic rings. The molecule has 0 saturated heterocycles. The number of hydrogen-bond donors (Lipinski definition) is 2. The van der Waals surface area contributed by atoms with E-state index in [0.717, 1.165) is 24.8 Å². The van der Waals surface area contributed by atoms with Crippen LogP contribution in [0.1, 0.15) is 49.0 Å². The van der Waals surface area contributed by atoms with Crippen LogP contribution in [0.2, 0.25) is 0 Å². The van der Waals surface area contributed by atoms with Gasteiger partial charge in [-0.25, -0.2) is 0 Å². The van der Waals surface area contributed by atoms with Crippen molar-refractivity contribution in [1.29, 1.82) is 0 Å². The molecule has 3 rings (SSSR count). The van der Waals surface area contributed by atoms with Crippen molar-refractivity contribution in [2.45, 2.75) is 38.6 Å².